The molecule has 1 saturated heterocycles. The Hall–Kier alpha value is -2.94. The first-order chi connectivity index (χ1) is 16.2. The number of nitrogens with one attached hydrogen (secondary N) is 3. The van der Waals surface area contributed by atoms with Gasteiger partial charge in [0.2, 0.25) is 5.90 Å². The van der Waals surface area contributed by atoms with Gasteiger partial charge in [-0.15, -0.1) is 0 Å². The van der Waals surface area contributed by atoms with Crippen LogP contribution in [0.2, 0.25) is 5.02 Å². The smallest absolute Gasteiger partial charge is 0.394 e. The monoisotopic (exact) mass is 486 g/mol. The highest BCUT2D eigenvalue weighted by molar-refractivity contribution is 6.30. The number of rotatable bonds is 7. The molecule has 34 heavy (non-hydrogen) atoms. The Morgan fingerprint density at radius 1 is 1.21 bits per heavy atom. The highest BCUT2D eigenvalue weighted by Gasteiger charge is 2.30. The van der Waals surface area contributed by atoms with Gasteiger partial charge in [-0.05, 0) is 61.6 Å². The lowest BCUT2D eigenvalue weighted by atomic mass is 10.0. The maximum absolute atomic E-state index is 12.8. The van der Waals surface area contributed by atoms with E-state index in [0.717, 1.165) is 30.4 Å². The van der Waals surface area contributed by atoms with Gasteiger partial charge in [-0.25, -0.2) is 4.79 Å². The van der Waals surface area contributed by atoms with E-state index < -0.39 is 18.2 Å². The van der Waals surface area contributed by atoms with Crippen molar-refractivity contribution >= 4 is 29.5 Å². The first-order valence-electron chi connectivity index (χ1n) is 11.2. The molecular weight excluding hydrogens is 456 g/mol. The minimum atomic E-state index is -0.745. The predicted molar refractivity (Wildman–Crippen MR) is 131 cm³/mol. The zero-order valence-corrected chi connectivity index (χ0v) is 20.3. The van der Waals surface area contributed by atoms with Crippen LogP contribution in [0.25, 0.3) is 0 Å². The Bertz CT molecular complexity index is 1010. The fraction of sp³-hybridized carbons (Fsp3) is 0.400. The summed E-state index contributed by atoms with van der Waals surface area (Å²) in [5.41, 5.74) is 2.42. The van der Waals surface area contributed by atoms with E-state index >= 15 is 0 Å². The largest absolute Gasteiger partial charge is 0.413 e. The van der Waals surface area contributed by atoms with Gasteiger partial charge in [-0.3, -0.25) is 10.2 Å². The number of carbonyl (C=O) groups is 2. The Morgan fingerprint density at radius 3 is 2.47 bits per heavy atom. The molecule has 2 aromatic rings. The van der Waals surface area contributed by atoms with E-state index in [1.165, 1.54) is 11.9 Å². The number of carbonyl (C=O) groups excluding carboxylic acids is 2. The number of benzene rings is 2. The van der Waals surface area contributed by atoms with Gasteiger partial charge in [0, 0.05) is 36.8 Å². The van der Waals surface area contributed by atoms with E-state index in [4.69, 9.17) is 21.7 Å². The molecule has 0 spiro atoms. The molecule has 3 rings (SSSR count). The molecule has 8 nitrogen and oxygen atoms in total. The summed E-state index contributed by atoms with van der Waals surface area (Å²) < 4.78 is 4.83. The van der Waals surface area contributed by atoms with Crippen LogP contribution in [0, 0.1) is 5.41 Å². The molecule has 2 aromatic carbocycles. The van der Waals surface area contributed by atoms with E-state index in [2.05, 4.69) is 10.6 Å². The van der Waals surface area contributed by atoms with Crippen LogP contribution in [0.5, 0.6) is 0 Å². The predicted octanol–water partition coefficient (Wildman–Crippen LogP) is 3.53. The second-order valence-corrected chi connectivity index (χ2v) is 8.98. The molecule has 1 aliphatic heterocycles. The van der Waals surface area contributed by atoms with Gasteiger partial charge in [0.05, 0.1) is 6.10 Å². The molecule has 0 bridgehead atoms. The summed E-state index contributed by atoms with van der Waals surface area (Å²) in [4.78, 5) is 25.5. The van der Waals surface area contributed by atoms with E-state index in [1.54, 1.807) is 38.2 Å². The molecule has 0 saturated carbocycles. The molecule has 4 N–H and O–H groups in total. The lowest BCUT2D eigenvalue weighted by Gasteiger charge is -2.24. The molecule has 0 radical (unpaired) electrons. The Kier molecular flexibility index (Phi) is 8.66. The first kappa shape index (κ1) is 25.7. The molecule has 9 heteroatoms. The summed E-state index contributed by atoms with van der Waals surface area (Å²) in [7, 11) is 2.97. The molecule has 0 aromatic heterocycles. The van der Waals surface area contributed by atoms with Crippen LogP contribution in [0.1, 0.15) is 47.4 Å². The van der Waals surface area contributed by atoms with Crippen LogP contribution in [-0.2, 0) is 11.2 Å². The average Bonchev–Trinajstić information content (AvgIpc) is 3.31. The zero-order valence-electron chi connectivity index (χ0n) is 19.5. The number of nitrogens with zero attached hydrogens (tertiary/aromatic N) is 1. The summed E-state index contributed by atoms with van der Waals surface area (Å²) in [5, 5.41) is 25.0. The van der Waals surface area contributed by atoms with Crippen molar-refractivity contribution in [3.05, 3.63) is 70.2 Å². The van der Waals surface area contributed by atoms with E-state index in [9.17, 15) is 14.7 Å². The van der Waals surface area contributed by atoms with Crippen LogP contribution < -0.4 is 10.6 Å². The van der Waals surface area contributed by atoms with Gasteiger partial charge in [0.1, 0.15) is 6.04 Å². The minimum Gasteiger partial charge on any atom is -0.394 e. The summed E-state index contributed by atoms with van der Waals surface area (Å²) >= 11 is 5.94. The van der Waals surface area contributed by atoms with Gasteiger partial charge >= 0.3 is 6.09 Å². The molecule has 2 amide bonds. The fourth-order valence-corrected chi connectivity index (χ4v) is 4.14. The maximum Gasteiger partial charge on any atom is 0.413 e. The van der Waals surface area contributed by atoms with Crippen molar-refractivity contribution in [2.75, 3.05) is 14.1 Å². The molecule has 1 aliphatic rings. The molecule has 4 atom stereocenters. The Labute approximate surface area is 204 Å². The number of ether oxygens (including phenoxy) is 1. The highest BCUT2D eigenvalue weighted by Crippen LogP contribution is 2.27. The number of likely N-dealkylation sites (N-methyl/N-ethyl adjacent to an activating group) is 1. The molecule has 182 valence electrons. The SMILES string of the molecule is CNC(=O)OC(=N)[C@@H](C)N(C)C(=O)c1ccc(C[C@@H]2CC[C@H]([C@H](O)c3ccc(Cl)cc3)N2)cc1. The molecular formula is C25H31ClN4O4. The van der Waals surface area contributed by atoms with Crippen LogP contribution in [0.3, 0.4) is 0 Å². The van der Waals surface area contributed by atoms with Crippen molar-refractivity contribution in [1.29, 1.82) is 5.41 Å². The van der Waals surface area contributed by atoms with Gasteiger partial charge in [0.25, 0.3) is 5.91 Å². The van der Waals surface area contributed by atoms with Gasteiger partial charge in [-0.1, -0.05) is 35.9 Å². The quantitative estimate of drug-likeness (QED) is 0.353. The van der Waals surface area contributed by atoms with Crippen LogP contribution >= 0.6 is 11.6 Å². The maximum atomic E-state index is 12.8. The lowest BCUT2D eigenvalue weighted by molar-refractivity contribution is 0.0765. The second kappa shape index (κ2) is 11.5. The number of alkyl carbamates (subject to hydrolysis) is 1. The van der Waals surface area contributed by atoms with E-state index in [1.807, 2.05) is 24.3 Å². The van der Waals surface area contributed by atoms with Crippen LogP contribution in [0.15, 0.2) is 48.5 Å². The molecule has 0 unspecified atom stereocenters. The van der Waals surface area contributed by atoms with Crippen molar-refractivity contribution in [3.63, 3.8) is 0 Å². The Balaban J connectivity index is 1.54. The lowest BCUT2D eigenvalue weighted by Crippen LogP contribution is -2.42. The third kappa shape index (κ3) is 6.34. The van der Waals surface area contributed by atoms with Crippen molar-refractivity contribution in [1.82, 2.24) is 15.5 Å². The summed E-state index contributed by atoms with van der Waals surface area (Å²) in [5.74, 6) is -0.580. The van der Waals surface area contributed by atoms with Crippen molar-refractivity contribution in [2.45, 2.75) is 50.4 Å². The third-order valence-electron chi connectivity index (χ3n) is 6.24. The van der Waals surface area contributed by atoms with Crippen molar-refractivity contribution in [3.8, 4) is 0 Å². The number of aliphatic hydroxyl groups is 1. The first-order valence-corrected chi connectivity index (χ1v) is 11.6. The van der Waals surface area contributed by atoms with E-state index in [-0.39, 0.29) is 23.9 Å². The average molecular weight is 487 g/mol. The summed E-state index contributed by atoms with van der Waals surface area (Å²) in [6.07, 6.45) is 1.27. The minimum absolute atomic E-state index is 0.0190. The topological polar surface area (TPSA) is 115 Å². The fourth-order valence-electron chi connectivity index (χ4n) is 4.01. The second-order valence-electron chi connectivity index (χ2n) is 8.54. The van der Waals surface area contributed by atoms with Gasteiger partial charge in [0.15, 0.2) is 0 Å². The molecule has 1 heterocycles. The molecule has 0 aliphatic carbocycles. The van der Waals surface area contributed by atoms with Crippen molar-refractivity contribution in [2.24, 2.45) is 0 Å². The number of hydrogen-bond acceptors (Lipinski definition) is 6. The number of hydrogen-bond donors (Lipinski definition) is 4. The van der Waals surface area contributed by atoms with Crippen molar-refractivity contribution < 1.29 is 19.4 Å². The molecule has 1 fully saturated rings. The van der Waals surface area contributed by atoms with Crippen LogP contribution in [-0.4, -0.2) is 60.1 Å². The van der Waals surface area contributed by atoms with E-state index in [0.29, 0.717) is 10.6 Å². The number of halogens is 1. The third-order valence-corrected chi connectivity index (χ3v) is 6.49. The zero-order chi connectivity index (χ0) is 24.8. The standard InChI is InChI=1S/C25H31ClN4O4/c1-15(23(27)34-25(33)28-2)30(3)24(32)18-6-4-16(5-7-18)14-20-12-13-21(29-20)22(31)17-8-10-19(26)11-9-17/h4-11,15,20-22,27,29,31H,12-14H2,1-3H3,(H,28,33)/t15-,20+,21-,22-/m1/s1. The van der Waals surface area contributed by atoms with Gasteiger partial charge in [-0.2, -0.15) is 0 Å². The summed E-state index contributed by atoms with van der Waals surface area (Å²) in [6, 6.07) is 14.1. The van der Waals surface area contributed by atoms with Crippen LogP contribution in [0.4, 0.5) is 4.79 Å². The van der Waals surface area contributed by atoms with Gasteiger partial charge < -0.3 is 25.4 Å². The number of amides is 2. The number of aliphatic hydroxyl groups excluding tert-OH is 1. The normalized spacial score (nSPS) is 19.2. The Morgan fingerprint density at radius 2 is 1.85 bits per heavy atom. The highest BCUT2D eigenvalue weighted by atomic mass is 35.5. The summed E-state index contributed by atoms with van der Waals surface area (Å²) in [6.45, 7) is 1.62.